The number of ether oxygens (including phenoxy) is 2. The first-order valence-corrected chi connectivity index (χ1v) is 7.73. The van der Waals surface area contributed by atoms with Crippen molar-refractivity contribution in [1.29, 1.82) is 5.26 Å². The van der Waals surface area contributed by atoms with Crippen LogP contribution in [-0.4, -0.2) is 41.1 Å². The van der Waals surface area contributed by atoms with Gasteiger partial charge in [-0.05, 0) is 40.5 Å². The highest BCUT2D eigenvalue weighted by molar-refractivity contribution is 6.09. The number of nitriles is 1. The predicted molar refractivity (Wildman–Crippen MR) is 81.1 cm³/mol. The highest BCUT2D eigenvalue weighted by atomic mass is 16.6. The van der Waals surface area contributed by atoms with Gasteiger partial charge in [-0.15, -0.1) is 0 Å². The fourth-order valence-electron chi connectivity index (χ4n) is 2.64. The molecule has 1 heterocycles. The van der Waals surface area contributed by atoms with Gasteiger partial charge in [0.2, 0.25) is 0 Å². The van der Waals surface area contributed by atoms with E-state index in [1.54, 1.807) is 27.7 Å². The van der Waals surface area contributed by atoms with Gasteiger partial charge in [0.1, 0.15) is 5.60 Å². The Kier molecular flexibility index (Phi) is 5.75. The van der Waals surface area contributed by atoms with Crippen LogP contribution in [0.1, 0.15) is 53.9 Å². The third kappa shape index (κ3) is 3.81. The van der Waals surface area contributed by atoms with Crippen molar-refractivity contribution < 1.29 is 23.9 Å². The van der Waals surface area contributed by atoms with Crippen LogP contribution in [0.15, 0.2) is 0 Å². The number of nitrogens with zero attached hydrogens (tertiary/aromatic N) is 2. The van der Waals surface area contributed by atoms with E-state index >= 15 is 0 Å². The summed E-state index contributed by atoms with van der Waals surface area (Å²) in [6, 6.07) is 1.38. The van der Waals surface area contributed by atoms with Gasteiger partial charge in [-0.25, -0.2) is 9.69 Å². The SMILES string of the molecule is CCOC(=O)[C@@]1(CC#N)C[C@@H](CC)N(C(=O)OC(C)(C)C)C1=O. The number of rotatable bonds is 4. The van der Waals surface area contributed by atoms with Gasteiger partial charge in [0, 0.05) is 6.04 Å². The largest absolute Gasteiger partial charge is 0.465 e. The van der Waals surface area contributed by atoms with E-state index in [4.69, 9.17) is 14.7 Å². The molecule has 1 fully saturated rings. The number of carbonyl (C=O) groups excluding carboxylic acids is 3. The van der Waals surface area contributed by atoms with Crippen LogP contribution >= 0.6 is 0 Å². The van der Waals surface area contributed by atoms with Crippen LogP contribution < -0.4 is 0 Å². The molecule has 0 spiro atoms. The van der Waals surface area contributed by atoms with E-state index < -0.39 is 35.0 Å². The zero-order valence-electron chi connectivity index (χ0n) is 14.3. The zero-order chi connectivity index (χ0) is 17.8. The molecule has 2 atom stereocenters. The summed E-state index contributed by atoms with van der Waals surface area (Å²) in [5.74, 6) is -1.46. The smallest absolute Gasteiger partial charge is 0.417 e. The summed E-state index contributed by atoms with van der Waals surface area (Å²) >= 11 is 0. The summed E-state index contributed by atoms with van der Waals surface area (Å²) < 4.78 is 10.3. The molecule has 128 valence electrons. The van der Waals surface area contributed by atoms with Crippen LogP contribution in [0.5, 0.6) is 0 Å². The zero-order valence-corrected chi connectivity index (χ0v) is 14.3. The van der Waals surface area contributed by atoms with E-state index in [-0.39, 0.29) is 19.4 Å². The lowest BCUT2D eigenvalue weighted by Crippen LogP contribution is -2.46. The van der Waals surface area contributed by atoms with Crippen molar-refractivity contribution in [3.8, 4) is 6.07 Å². The van der Waals surface area contributed by atoms with Gasteiger partial charge in [0.15, 0.2) is 5.41 Å². The van der Waals surface area contributed by atoms with Crippen molar-refractivity contribution in [2.24, 2.45) is 5.41 Å². The second-order valence-electron chi connectivity index (χ2n) is 6.56. The number of hydrogen-bond donors (Lipinski definition) is 0. The van der Waals surface area contributed by atoms with Crippen molar-refractivity contribution in [2.45, 2.75) is 65.5 Å². The molecule has 2 amide bonds. The van der Waals surface area contributed by atoms with E-state index in [0.717, 1.165) is 4.90 Å². The molecule has 0 N–H and O–H groups in total. The molecule has 23 heavy (non-hydrogen) atoms. The molecule has 0 aliphatic carbocycles. The molecule has 1 saturated heterocycles. The van der Waals surface area contributed by atoms with Crippen LogP contribution in [0.4, 0.5) is 4.79 Å². The van der Waals surface area contributed by atoms with Crippen LogP contribution in [0.25, 0.3) is 0 Å². The molecule has 1 aliphatic heterocycles. The van der Waals surface area contributed by atoms with Gasteiger partial charge >= 0.3 is 12.1 Å². The maximum absolute atomic E-state index is 12.8. The van der Waals surface area contributed by atoms with E-state index in [2.05, 4.69) is 0 Å². The molecule has 1 rings (SSSR count). The molecule has 0 saturated carbocycles. The summed E-state index contributed by atoms with van der Waals surface area (Å²) in [5, 5.41) is 9.05. The fraction of sp³-hybridized carbons (Fsp3) is 0.750. The van der Waals surface area contributed by atoms with E-state index in [0.29, 0.717) is 6.42 Å². The van der Waals surface area contributed by atoms with Crippen LogP contribution in [-0.2, 0) is 19.1 Å². The highest BCUT2D eigenvalue weighted by Gasteiger charge is 2.59. The molecular weight excluding hydrogens is 300 g/mol. The second-order valence-corrected chi connectivity index (χ2v) is 6.56. The van der Waals surface area contributed by atoms with E-state index in [9.17, 15) is 14.4 Å². The van der Waals surface area contributed by atoms with Crippen LogP contribution in [0, 0.1) is 16.7 Å². The number of amides is 2. The minimum absolute atomic E-state index is 0.0774. The molecule has 7 nitrogen and oxygen atoms in total. The van der Waals surface area contributed by atoms with Gasteiger partial charge in [-0.2, -0.15) is 5.26 Å². The highest BCUT2D eigenvalue weighted by Crippen LogP contribution is 2.42. The van der Waals surface area contributed by atoms with E-state index in [1.807, 2.05) is 13.0 Å². The summed E-state index contributed by atoms with van der Waals surface area (Å²) in [4.78, 5) is 38.4. The number of imide groups is 1. The first-order chi connectivity index (χ1) is 10.6. The molecule has 0 unspecified atom stereocenters. The second kappa shape index (κ2) is 6.99. The molecule has 0 aromatic heterocycles. The lowest BCUT2D eigenvalue weighted by atomic mass is 9.81. The fourth-order valence-corrected chi connectivity index (χ4v) is 2.64. The Hall–Kier alpha value is -2.10. The molecule has 0 radical (unpaired) electrons. The third-order valence-corrected chi connectivity index (χ3v) is 3.69. The van der Waals surface area contributed by atoms with Crippen LogP contribution in [0.3, 0.4) is 0 Å². The number of likely N-dealkylation sites (tertiary alicyclic amines) is 1. The van der Waals surface area contributed by atoms with Crippen molar-refractivity contribution in [1.82, 2.24) is 4.90 Å². The monoisotopic (exact) mass is 324 g/mol. The minimum atomic E-state index is -1.62. The third-order valence-electron chi connectivity index (χ3n) is 3.69. The Morgan fingerprint density at radius 3 is 2.43 bits per heavy atom. The lowest BCUT2D eigenvalue weighted by Gasteiger charge is -2.27. The Balaban J connectivity index is 3.20. The van der Waals surface area contributed by atoms with Gasteiger partial charge in [-0.3, -0.25) is 9.59 Å². The Morgan fingerprint density at radius 1 is 1.39 bits per heavy atom. The van der Waals surface area contributed by atoms with Crippen molar-refractivity contribution in [2.75, 3.05) is 6.61 Å². The maximum Gasteiger partial charge on any atom is 0.417 e. The minimum Gasteiger partial charge on any atom is -0.465 e. The average molecular weight is 324 g/mol. The quantitative estimate of drug-likeness (QED) is 0.582. The first-order valence-electron chi connectivity index (χ1n) is 7.73. The summed E-state index contributed by atoms with van der Waals surface area (Å²) in [5.41, 5.74) is -2.39. The molecule has 1 aliphatic rings. The number of carbonyl (C=O) groups is 3. The Labute approximate surface area is 136 Å². The maximum atomic E-state index is 12.8. The summed E-state index contributed by atoms with van der Waals surface area (Å²) in [7, 11) is 0. The van der Waals surface area contributed by atoms with Crippen molar-refractivity contribution in [3.05, 3.63) is 0 Å². The summed E-state index contributed by atoms with van der Waals surface area (Å²) in [6.07, 6.45) is -0.565. The van der Waals surface area contributed by atoms with Gasteiger partial charge in [0.05, 0.1) is 19.1 Å². The predicted octanol–water partition coefficient (Wildman–Crippen LogP) is 2.40. The molecule has 0 aromatic rings. The summed E-state index contributed by atoms with van der Waals surface area (Å²) in [6.45, 7) is 8.62. The van der Waals surface area contributed by atoms with Crippen molar-refractivity contribution in [3.63, 3.8) is 0 Å². The molecular formula is C16H24N2O5. The molecule has 0 bridgehead atoms. The standard InChI is InChI=1S/C16H24N2O5/c1-6-11-10-16(8-9-17,13(20)22-7-2)12(19)18(11)14(21)23-15(3,4)5/h11H,6-8,10H2,1-5H3/t11-,16+/m1/s1. The number of esters is 1. The van der Waals surface area contributed by atoms with Gasteiger partial charge in [0.25, 0.3) is 5.91 Å². The number of hydrogen-bond acceptors (Lipinski definition) is 6. The Bertz CT molecular complexity index is 532. The van der Waals surface area contributed by atoms with E-state index in [1.165, 1.54) is 0 Å². The first kappa shape index (κ1) is 18.9. The van der Waals surface area contributed by atoms with Crippen molar-refractivity contribution >= 4 is 18.0 Å². The average Bonchev–Trinajstić information content (AvgIpc) is 2.71. The molecule has 0 aromatic carbocycles. The normalized spacial score (nSPS) is 24.3. The Morgan fingerprint density at radius 2 is 2.00 bits per heavy atom. The molecule has 7 heteroatoms. The van der Waals surface area contributed by atoms with Gasteiger partial charge in [-0.1, -0.05) is 6.92 Å². The van der Waals surface area contributed by atoms with Crippen LogP contribution in [0.2, 0.25) is 0 Å². The van der Waals surface area contributed by atoms with Gasteiger partial charge < -0.3 is 9.47 Å². The lowest BCUT2D eigenvalue weighted by molar-refractivity contribution is -0.160. The topological polar surface area (TPSA) is 96.7 Å².